The fourth-order valence-corrected chi connectivity index (χ4v) is 26.3. The van der Waals surface area contributed by atoms with Crippen LogP contribution in [0.25, 0.3) is 0 Å². The van der Waals surface area contributed by atoms with Crippen LogP contribution < -0.4 is 135 Å². The van der Waals surface area contributed by atoms with Crippen LogP contribution in [0.1, 0.15) is 140 Å². The second-order valence-electron chi connectivity index (χ2n) is 38.5. The number of ether oxygens (including phenoxy) is 2. The smallest absolute Gasteiger partial charge is 0.550 e. The third-order valence-corrected chi connectivity index (χ3v) is 36.6. The van der Waals surface area contributed by atoms with Gasteiger partial charge in [0.25, 0.3) is 0 Å². The first-order valence-electron chi connectivity index (χ1n) is 47.7. The Bertz CT molecular complexity index is 5680. The monoisotopic (exact) mass is 2130 g/mol. The minimum Gasteiger partial charge on any atom is -0.550 e. The Balaban J connectivity index is 0.000000147. The normalized spacial score (nSPS) is 15.7. The zero-order chi connectivity index (χ0) is 99.3. The zero-order valence-corrected chi connectivity index (χ0v) is 94.4. The van der Waals surface area contributed by atoms with Crippen molar-refractivity contribution in [1.29, 1.82) is 0 Å². The molecule has 5 heterocycles. The molecular weight excluding hydrogens is 2010 g/mol. The van der Waals surface area contributed by atoms with Crippen molar-refractivity contribution in [2.24, 2.45) is 0 Å². The minimum absolute atomic E-state index is 0. The molecular formula is C122H125B3BrKO10P4Pd. The van der Waals surface area contributed by atoms with Crippen molar-refractivity contribution < 1.29 is 119 Å². The van der Waals surface area contributed by atoms with Crippen LogP contribution in [0.4, 0.5) is 0 Å². The standard InChI is InChI=1S/C21H25BO3.4C18H15P.C15H13BrO.C12H24B2O4.C2H4O2.K.Pd/c1-19(2)15-9-7-8-10-17(15)23-18-12-11-14(13-16(18)19)22-24-20(3,4)21(5,6)25-22;4*1-4-10-16(11-5-1)19(17-12-6-2-7-13-17)18-14-8-3-9-15-18;1-15(2)11-5-3-4-6-13(11)17-14-8-7-10(16)9-12(14)15;1-9(2)10(3,4)16-13(15-9)14-17-11(5,6)12(7,8)18-14;1-2(3)4;;/h7-13H,1-6H3;4*1-15H;3-9H,1-2H3;1-8H3;1H3,(H,3,4);;/q;;;;;;;;+1;/p-1. The molecule has 16 aromatic rings. The average Bonchev–Trinajstić information content (AvgIpc) is 1.44. The summed E-state index contributed by atoms with van der Waals surface area (Å²) >= 11 is 3.53. The van der Waals surface area contributed by atoms with Gasteiger partial charge in [0, 0.05) is 63.9 Å². The summed E-state index contributed by atoms with van der Waals surface area (Å²) in [6.07, 6.45) is 0. The molecule has 0 radical (unpaired) electrons. The van der Waals surface area contributed by atoms with Crippen molar-refractivity contribution in [2.75, 3.05) is 0 Å². The third kappa shape index (κ3) is 28.3. The van der Waals surface area contributed by atoms with Crippen LogP contribution >= 0.6 is 47.6 Å². The predicted molar refractivity (Wildman–Crippen MR) is 597 cm³/mol. The van der Waals surface area contributed by atoms with Gasteiger partial charge >= 0.3 is 72.5 Å². The zero-order valence-electron chi connectivity index (χ0n) is 84.5. The number of carbonyl (C=O) groups excluding carboxylic acids is 1. The summed E-state index contributed by atoms with van der Waals surface area (Å²) < 4.78 is 49.4. The maximum absolute atomic E-state index is 8.89. The first kappa shape index (κ1) is 112. The van der Waals surface area contributed by atoms with Gasteiger partial charge in [-0.1, -0.05) is 456 Å². The molecule has 0 unspecified atom stereocenters. The van der Waals surface area contributed by atoms with Gasteiger partial charge in [-0.3, -0.25) is 0 Å². The summed E-state index contributed by atoms with van der Waals surface area (Å²) in [5.41, 5.74) is 3.60. The molecule has 3 saturated heterocycles. The van der Waals surface area contributed by atoms with Crippen LogP contribution in [0, 0.1) is 0 Å². The second kappa shape index (κ2) is 50.9. The predicted octanol–water partition coefficient (Wildman–Crippen LogP) is 21.1. The van der Waals surface area contributed by atoms with Crippen molar-refractivity contribution in [3.05, 3.63) is 476 Å². The van der Waals surface area contributed by atoms with Gasteiger partial charge in [0.05, 0.1) is 33.6 Å². The summed E-state index contributed by atoms with van der Waals surface area (Å²) in [5.74, 6) is 2.68. The molecule has 0 amide bonds. The third-order valence-electron chi connectivity index (χ3n) is 26.3. The van der Waals surface area contributed by atoms with Crippen molar-refractivity contribution in [1.82, 2.24) is 0 Å². The number of carboxylic acid groups (broad SMARTS) is 1. The molecule has 142 heavy (non-hydrogen) atoms. The molecule has 0 N–H and O–H groups in total. The Hall–Kier alpha value is -8.96. The maximum atomic E-state index is 8.89. The molecule has 10 nitrogen and oxygen atoms in total. The van der Waals surface area contributed by atoms with Crippen LogP contribution in [0.3, 0.4) is 0 Å². The van der Waals surface area contributed by atoms with Gasteiger partial charge in [-0.25, -0.2) is 0 Å². The van der Waals surface area contributed by atoms with Crippen molar-refractivity contribution in [3.8, 4) is 23.0 Å². The van der Waals surface area contributed by atoms with Crippen molar-refractivity contribution >= 4 is 144 Å². The van der Waals surface area contributed by atoms with Crippen LogP contribution in [-0.2, 0) is 64.0 Å². The Morgan fingerprint density at radius 2 is 0.408 bits per heavy atom. The van der Waals surface area contributed by atoms with E-state index in [2.05, 4.69) is 472 Å². The number of halogens is 1. The molecule has 0 aliphatic carbocycles. The van der Waals surface area contributed by atoms with E-state index in [0.717, 1.165) is 39.9 Å². The fourth-order valence-electron chi connectivity index (χ4n) is 16.7. The summed E-state index contributed by atoms with van der Waals surface area (Å²) in [6.45, 7) is 34.4. The van der Waals surface area contributed by atoms with E-state index in [1.54, 1.807) is 0 Å². The molecule has 5 aliphatic heterocycles. The van der Waals surface area contributed by atoms with E-state index in [1.165, 1.54) is 85.9 Å². The number of aliphatic carboxylic acids is 1. The largest absolute Gasteiger partial charge is 1.00 e. The molecule has 0 bridgehead atoms. The molecule has 0 atom stereocenters. The molecule has 3 fully saturated rings. The Kier molecular flexibility index (Phi) is 40.1. The second-order valence-corrected chi connectivity index (χ2v) is 48.3. The Labute approximate surface area is 914 Å². The van der Waals surface area contributed by atoms with Crippen LogP contribution in [0.5, 0.6) is 23.0 Å². The molecule has 0 aromatic heterocycles. The van der Waals surface area contributed by atoms with E-state index in [0.29, 0.717) is 0 Å². The number of hydrogen-bond acceptors (Lipinski definition) is 10. The van der Waals surface area contributed by atoms with Gasteiger partial charge in [0.2, 0.25) is 0 Å². The summed E-state index contributed by atoms with van der Waals surface area (Å²) in [7, 11) is -3.09. The molecule has 0 saturated carbocycles. The first-order valence-corrected chi connectivity index (χ1v) is 53.8. The quantitative estimate of drug-likeness (QED) is 0.0770. The fraction of sp³-hybridized carbons (Fsp3) is 0.205. The van der Waals surface area contributed by atoms with Gasteiger partial charge < -0.3 is 47.3 Å². The van der Waals surface area contributed by atoms with E-state index in [-0.39, 0.29) is 123 Å². The number of hydrogen-bond donors (Lipinski definition) is 0. The van der Waals surface area contributed by atoms with Gasteiger partial charge in [-0.05, 0) is 227 Å². The number of fused-ring (bicyclic) bond motifs is 4. The van der Waals surface area contributed by atoms with Crippen LogP contribution in [-0.4, -0.2) is 60.7 Å². The SMILES string of the molecule is CC(=O)[O-].CC1(C)OB(B2OC(C)(C)C(C)(C)O2)OC1(C)C.CC1(C)c2ccccc2Oc2ccc(B3OC(C)(C)C(C)(C)O3)cc21.CC1(C)c2ccccc2Oc2ccc(Br)cc21.[K+].[Pd].c1ccc(P(c2ccccc2)c2ccccc2)cc1.c1ccc(P(c2ccccc2)c2ccccc2)cc1.c1ccc(P(c2ccccc2)c2ccccc2)cc1.c1ccc(P(c2ccccc2)c2ccccc2)cc1. The number of rotatable bonds is 14. The number of para-hydroxylation sites is 2. The Morgan fingerprint density at radius 3 is 0.620 bits per heavy atom. The van der Waals surface area contributed by atoms with E-state index in [9.17, 15) is 0 Å². The molecule has 20 heteroatoms. The number of carboxylic acids is 1. The molecule has 21 rings (SSSR count). The Morgan fingerprint density at radius 1 is 0.239 bits per heavy atom. The number of benzene rings is 16. The van der Waals surface area contributed by atoms with Crippen molar-refractivity contribution in [2.45, 2.75) is 162 Å². The van der Waals surface area contributed by atoms with E-state index in [4.69, 9.17) is 47.3 Å². The van der Waals surface area contributed by atoms with Gasteiger partial charge in [-0.2, -0.15) is 0 Å². The molecule has 0 spiro atoms. The minimum atomic E-state index is -1.08. The molecule has 16 aromatic carbocycles. The summed E-state index contributed by atoms with van der Waals surface area (Å²) in [6, 6.07) is 158. The van der Waals surface area contributed by atoms with Crippen LogP contribution in [0.2, 0.25) is 0 Å². The van der Waals surface area contributed by atoms with E-state index in [1.807, 2.05) is 104 Å². The van der Waals surface area contributed by atoms with Crippen LogP contribution in [0.15, 0.2) is 453 Å². The van der Waals surface area contributed by atoms with Gasteiger partial charge in [0.1, 0.15) is 23.0 Å². The maximum Gasteiger partial charge on any atom is 1.00 e. The topological polar surface area (TPSA) is 114 Å². The summed E-state index contributed by atoms with van der Waals surface area (Å²) in [5, 5.41) is 25.7. The van der Waals surface area contributed by atoms with Crippen molar-refractivity contribution in [3.63, 3.8) is 0 Å². The number of carbonyl (C=O) groups is 1. The van der Waals surface area contributed by atoms with E-state index >= 15 is 0 Å². The molecule has 720 valence electrons. The summed E-state index contributed by atoms with van der Waals surface area (Å²) in [4.78, 5) is 8.89. The average molecular weight is 2130 g/mol. The van der Waals surface area contributed by atoms with Gasteiger partial charge in [0.15, 0.2) is 0 Å². The van der Waals surface area contributed by atoms with E-state index < -0.39 is 51.7 Å². The van der Waals surface area contributed by atoms with Gasteiger partial charge in [-0.15, -0.1) is 0 Å². The molecule has 5 aliphatic rings. The first-order chi connectivity index (χ1) is 67.1.